The van der Waals surface area contributed by atoms with Crippen LogP contribution in [0.1, 0.15) is 45.4 Å². The first kappa shape index (κ1) is 14.5. The average Bonchev–Trinajstić information content (AvgIpc) is 2.39. The second kappa shape index (κ2) is 7.00. The van der Waals surface area contributed by atoms with E-state index in [9.17, 15) is 9.59 Å². The van der Waals surface area contributed by atoms with Crippen molar-refractivity contribution in [2.45, 2.75) is 51.5 Å². The van der Waals surface area contributed by atoms with Gasteiger partial charge in [0.25, 0.3) is 0 Å². The molecule has 1 atom stereocenters. The standard InChI is InChI=1S/C13H20N2O3/c1-10(13(17)18)15(9-5-8-14)12(16)11-6-3-2-4-7-11/h10-11H,2-7,9H2,1H3,(H,17,18). The molecular weight excluding hydrogens is 232 g/mol. The minimum atomic E-state index is -1.02. The van der Waals surface area contributed by atoms with Crippen LogP contribution in [0.2, 0.25) is 0 Å². The highest BCUT2D eigenvalue weighted by atomic mass is 16.4. The molecule has 1 aliphatic rings. The Morgan fingerprint density at radius 2 is 2.00 bits per heavy atom. The van der Waals surface area contributed by atoms with E-state index in [1.807, 2.05) is 6.07 Å². The monoisotopic (exact) mass is 252 g/mol. The van der Waals surface area contributed by atoms with Gasteiger partial charge in [0.2, 0.25) is 5.91 Å². The van der Waals surface area contributed by atoms with Crippen LogP contribution in [0, 0.1) is 17.2 Å². The normalized spacial score (nSPS) is 17.8. The van der Waals surface area contributed by atoms with Crippen molar-refractivity contribution >= 4 is 11.9 Å². The third-order valence-corrected chi connectivity index (χ3v) is 3.53. The zero-order valence-electron chi connectivity index (χ0n) is 10.8. The van der Waals surface area contributed by atoms with Gasteiger partial charge in [-0.05, 0) is 19.8 Å². The van der Waals surface area contributed by atoms with Crippen molar-refractivity contribution < 1.29 is 14.7 Å². The first-order valence-electron chi connectivity index (χ1n) is 6.48. The van der Waals surface area contributed by atoms with Gasteiger partial charge in [0.05, 0.1) is 12.5 Å². The summed E-state index contributed by atoms with van der Waals surface area (Å²) >= 11 is 0. The maximum Gasteiger partial charge on any atom is 0.326 e. The van der Waals surface area contributed by atoms with Crippen molar-refractivity contribution in [3.63, 3.8) is 0 Å². The van der Waals surface area contributed by atoms with Gasteiger partial charge in [-0.3, -0.25) is 4.79 Å². The number of carboxylic acid groups (broad SMARTS) is 1. The second-order valence-corrected chi connectivity index (χ2v) is 4.79. The molecule has 1 N–H and O–H groups in total. The summed E-state index contributed by atoms with van der Waals surface area (Å²) in [5.41, 5.74) is 0. The predicted octanol–water partition coefficient (Wildman–Crippen LogP) is 1.78. The molecule has 0 aromatic heterocycles. The van der Waals surface area contributed by atoms with E-state index in [1.54, 1.807) is 0 Å². The van der Waals surface area contributed by atoms with Crippen LogP contribution in [-0.4, -0.2) is 34.5 Å². The molecule has 1 unspecified atom stereocenters. The Hall–Kier alpha value is -1.57. The van der Waals surface area contributed by atoms with E-state index in [1.165, 1.54) is 11.8 Å². The highest BCUT2D eigenvalue weighted by Gasteiger charge is 2.31. The molecule has 0 spiro atoms. The Balaban J connectivity index is 2.71. The molecule has 1 saturated carbocycles. The number of hydrogen-bond acceptors (Lipinski definition) is 3. The Labute approximate surface area is 107 Å². The summed E-state index contributed by atoms with van der Waals surface area (Å²) in [6.45, 7) is 1.71. The summed E-state index contributed by atoms with van der Waals surface area (Å²) in [7, 11) is 0. The summed E-state index contributed by atoms with van der Waals surface area (Å²) in [6.07, 6.45) is 5.07. The van der Waals surface area contributed by atoms with Crippen molar-refractivity contribution in [2.75, 3.05) is 6.54 Å². The van der Waals surface area contributed by atoms with E-state index >= 15 is 0 Å². The van der Waals surface area contributed by atoms with Crippen molar-refractivity contribution in [1.29, 1.82) is 5.26 Å². The molecule has 0 bridgehead atoms. The van der Waals surface area contributed by atoms with Crippen molar-refractivity contribution in [3.8, 4) is 6.07 Å². The lowest BCUT2D eigenvalue weighted by atomic mass is 9.88. The number of aliphatic carboxylic acids is 1. The zero-order chi connectivity index (χ0) is 13.5. The first-order valence-corrected chi connectivity index (χ1v) is 6.48. The van der Waals surface area contributed by atoms with Crippen LogP contribution in [0.4, 0.5) is 0 Å². The number of carbonyl (C=O) groups excluding carboxylic acids is 1. The summed E-state index contributed by atoms with van der Waals surface area (Å²) in [4.78, 5) is 24.7. The number of carbonyl (C=O) groups is 2. The molecule has 0 saturated heterocycles. The van der Waals surface area contributed by atoms with Crippen molar-refractivity contribution in [1.82, 2.24) is 4.90 Å². The molecular formula is C13H20N2O3. The number of hydrogen-bond donors (Lipinski definition) is 1. The SMILES string of the molecule is CC(C(=O)O)N(CCC#N)C(=O)C1CCCCC1. The number of amides is 1. The van der Waals surface area contributed by atoms with Gasteiger partial charge in [0, 0.05) is 12.5 Å². The Morgan fingerprint density at radius 3 is 2.50 bits per heavy atom. The van der Waals surface area contributed by atoms with E-state index in [2.05, 4.69) is 0 Å². The fourth-order valence-corrected chi connectivity index (χ4v) is 2.38. The lowest BCUT2D eigenvalue weighted by Crippen LogP contribution is -2.46. The van der Waals surface area contributed by atoms with Gasteiger partial charge in [0.1, 0.15) is 6.04 Å². The van der Waals surface area contributed by atoms with Crippen LogP contribution in [-0.2, 0) is 9.59 Å². The molecule has 1 rings (SSSR count). The van der Waals surface area contributed by atoms with Crippen LogP contribution >= 0.6 is 0 Å². The Bertz CT molecular complexity index is 343. The Kier molecular flexibility index (Phi) is 5.63. The minimum absolute atomic E-state index is 0.0563. The maximum atomic E-state index is 12.3. The van der Waals surface area contributed by atoms with Crippen LogP contribution in [0.25, 0.3) is 0 Å². The molecule has 1 aliphatic carbocycles. The third kappa shape index (κ3) is 3.73. The average molecular weight is 252 g/mol. The van der Waals surface area contributed by atoms with Gasteiger partial charge in [0.15, 0.2) is 0 Å². The quantitative estimate of drug-likeness (QED) is 0.808. The van der Waals surface area contributed by atoms with Crippen LogP contribution in [0.3, 0.4) is 0 Å². The summed E-state index contributed by atoms with van der Waals surface area (Å²) in [6, 6.07) is 1.11. The Morgan fingerprint density at radius 1 is 1.39 bits per heavy atom. The van der Waals surface area contributed by atoms with Gasteiger partial charge >= 0.3 is 5.97 Å². The molecule has 1 amide bonds. The van der Waals surface area contributed by atoms with Gasteiger partial charge in [-0.25, -0.2) is 4.79 Å². The number of carboxylic acids is 1. The lowest BCUT2D eigenvalue weighted by Gasteiger charge is -2.31. The maximum absolute atomic E-state index is 12.3. The van der Waals surface area contributed by atoms with Crippen LogP contribution in [0.5, 0.6) is 0 Å². The number of rotatable bonds is 5. The fraction of sp³-hybridized carbons (Fsp3) is 0.769. The molecule has 0 aromatic carbocycles. The summed E-state index contributed by atoms with van der Waals surface area (Å²) in [5.74, 6) is -1.17. The smallest absolute Gasteiger partial charge is 0.326 e. The lowest BCUT2D eigenvalue weighted by molar-refractivity contribution is -0.151. The number of nitrogens with zero attached hydrogens (tertiary/aromatic N) is 2. The van der Waals surface area contributed by atoms with Crippen molar-refractivity contribution in [3.05, 3.63) is 0 Å². The summed E-state index contributed by atoms with van der Waals surface area (Å²) < 4.78 is 0. The molecule has 100 valence electrons. The van der Waals surface area contributed by atoms with E-state index in [4.69, 9.17) is 10.4 Å². The molecule has 18 heavy (non-hydrogen) atoms. The fourth-order valence-electron chi connectivity index (χ4n) is 2.38. The first-order chi connectivity index (χ1) is 8.57. The largest absolute Gasteiger partial charge is 0.480 e. The summed E-state index contributed by atoms with van der Waals surface area (Å²) in [5, 5.41) is 17.6. The molecule has 5 nitrogen and oxygen atoms in total. The minimum Gasteiger partial charge on any atom is -0.480 e. The molecule has 0 heterocycles. The van der Waals surface area contributed by atoms with Crippen molar-refractivity contribution in [2.24, 2.45) is 5.92 Å². The molecule has 5 heteroatoms. The highest BCUT2D eigenvalue weighted by Crippen LogP contribution is 2.26. The van der Waals surface area contributed by atoms with E-state index in [0.29, 0.717) is 0 Å². The predicted molar refractivity (Wildman–Crippen MR) is 65.6 cm³/mol. The topological polar surface area (TPSA) is 81.4 Å². The van der Waals surface area contributed by atoms with E-state index in [0.717, 1.165) is 32.1 Å². The van der Waals surface area contributed by atoms with Gasteiger partial charge in [-0.1, -0.05) is 19.3 Å². The third-order valence-electron chi connectivity index (χ3n) is 3.53. The highest BCUT2D eigenvalue weighted by molar-refractivity contribution is 5.84. The van der Waals surface area contributed by atoms with Gasteiger partial charge in [-0.15, -0.1) is 0 Å². The molecule has 1 fully saturated rings. The molecule has 0 aromatic rings. The van der Waals surface area contributed by atoms with E-state index in [-0.39, 0.29) is 24.8 Å². The molecule has 0 radical (unpaired) electrons. The van der Waals surface area contributed by atoms with Gasteiger partial charge in [-0.2, -0.15) is 5.26 Å². The van der Waals surface area contributed by atoms with E-state index < -0.39 is 12.0 Å². The van der Waals surface area contributed by atoms with Gasteiger partial charge < -0.3 is 10.0 Å². The van der Waals surface area contributed by atoms with Crippen LogP contribution < -0.4 is 0 Å². The number of nitriles is 1. The van der Waals surface area contributed by atoms with Crippen LogP contribution in [0.15, 0.2) is 0 Å². The molecule has 0 aliphatic heterocycles. The zero-order valence-corrected chi connectivity index (χ0v) is 10.8. The second-order valence-electron chi connectivity index (χ2n) is 4.79.